The molecule has 5 heteroatoms. The molecule has 0 heterocycles. The van der Waals surface area contributed by atoms with Crippen molar-refractivity contribution in [2.24, 2.45) is 0 Å². The first-order valence-electron chi connectivity index (χ1n) is 4.53. The average molecular weight is 286 g/mol. The van der Waals surface area contributed by atoms with Crippen LogP contribution in [0.3, 0.4) is 0 Å². The van der Waals surface area contributed by atoms with E-state index >= 15 is 0 Å². The van der Waals surface area contributed by atoms with Crippen molar-refractivity contribution >= 4 is 15.9 Å². The molecule has 0 radical (unpaired) electrons. The zero-order valence-electron chi connectivity index (χ0n) is 9.33. The Morgan fingerprint density at radius 3 is 2.25 bits per heavy atom. The number of methoxy groups -OCH3 is 3. The van der Waals surface area contributed by atoms with Gasteiger partial charge in [0.1, 0.15) is 5.75 Å². The number of ether oxygens (including phenoxy) is 3. The lowest BCUT2D eigenvalue weighted by molar-refractivity contribution is 0.344. The lowest BCUT2D eigenvalue weighted by Crippen LogP contribution is -2.00. The standard InChI is InChI=1S/C11H12BrNO3/c1-14-9-6-8(12)10(15-2)7(4-5-13)11(9)16-3/h6H,4H2,1-3H3. The fourth-order valence-corrected chi connectivity index (χ4v) is 2.09. The van der Waals surface area contributed by atoms with Crippen LogP contribution in [-0.2, 0) is 6.42 Å². The van der Waals surface area contributed by atoms with Gasteiger partial charge in [0, 0.05) is 6.07 Å². The lowest BCUT2D eigenvalue weighted by Gasteiger charge is -2.15. The summed E-state index contributed by atoms with van der Waals surface area (Å²) in [5.74, 6) is 1.70. The van der Waals surface area contributed by atoms with E-state index in [4.69, 9.17) is 19.5 Å². The molecule has 0 amide bonds. The summed E-state index contributed by atoms with van der Waals surface area (Å²) < 4.78 is 16.4. The quantitative estimate of drug-likeness (QED) is 0.853. The fourth-order valence-electron chi connectivity index (χ4n) is 1.48. The van der Waals surface area contributed by atoms with Crippen molar-refractivity contribution in [2.75, 3.05) is 21.3 Å². The van der Waals surface area contributed by atoms with E-state index in [1.807, 2.05) is 0 Å². The normalized spacial score (nSPS) is 9.44. The Balaban J connectivity index is 3.47. The van der Waals surface area contributed by atoms with Crippen molar-refractivity contribution in [3.63, 3.8) is 0 Å². The number of benzene rings is 1. The Kier molecular flexibility index (Phi) is 4.44. The summed E-state index contributed by atoms with van der Waals surface area (Å²) in [4.78, 5) is 0. The molecule has 1 rings (SSSR count). The van der Waals surface area contributed by atoms with E-state index < -0.39 is 0 Å². The SMILES string of the molecule is COc1cc(Br)c(OC)c(CC#N)c1OC. The highest BCUT2D eigenvalue weighted by molar-refractivity contribution is 9.10. The molecule has 16 heavy (non-hydrogen) atoms. The third kappa shape index (κ3) is 2.22. The lowest BCUT2D eigenvalue weighted by atomic mass is 10.1. The summed E-state index contributed by atoms with van der Waals surface area (Å²) in [5.41, 5.74) is 0.679. The molecule has 0 aromatic heterocycles. The molecule has 0 aliphatic carbocycles. The van der Waals surface area contributed by atoms with Gasteiger partial charge in [-0.1, -0.05) is 0 Å². The second kappa shape index (κ2) is 5.61. The summed E-state index contributed by atoms with van der Waals surface area (Å²) in [5, 5.41) is 8.80. The van der Waals surface area contributed by atoms with Gasteiger partial charge < -0.3 is 14.2 Å². The van der Waals surface area contributed by atoms with Crippen molar-refractivity contribution in [3.05, 3.63) is 16.1 Å². The van der Waals surface area contributed by atoms with Gasteiger partial charge in [0.2, 0.25) is 0 Å². The van der Waals surface area contributed by atoms with Crippen LogP contribution in [0.5, 0.6) is 17.2 Å². The minimum absolute atomic E-state index is 0.197. The van der Waals surface area contributed by atoms with Gasteiger partial charge in [0.25, 0.3) is 0 Å². The summed E-state index contributed by atoms with van der Waals surface area (Å²) in [6, 6.07) is 3.82. The van der Waals surface area contributed by atoms with Gasteiger partial charge >= 0.3 is 0 Å². The van der Waals surface area contributed by atoms with E-state index in [0.717, 1.165) is 4.47 Å². The van der Waals surface area contributed by atoms with Crippen LogP contribution in [0.1, 0.15) is 5.56 Å². The maximum atomic E-state index is 8.80. The van der Waals surface area contributed by atoms with E-state index in [9.17, 15) is 0 Å². The van der Waals surface area contributed by atoms with Gasteiger partial charge in [-0.2, -0.15) is 5.26 Å². The maximum absolute atomic E-state index is 8.80. The Morgan fingerprint density at radius 2 is 1.81 bits per heavy atom. The second-order valence-electron chi connectivity index (χ2n) is 2.94. The van der Waals surface area contributed by atoms with Crippen LogP contribution < -0.4 is 14.2 Å². The van der Waals surface area contributed by atoms with Crippen LogP contribution in [0.2, 0.25) is 0 Å². The van der Waals surface area contributed by atoms with E-state index in [1.165, 1.54) is 7.11 Å². The molecule has 0 N–H and O–H groups in total. The molecule has 0 unspecified atom stereocenters. The van der Waals surface area contributed by atoms with Crippen LogP contribution in [0.4, 0.5) is 0 Å². The third-order valence-corrected chi connectivity index (χ3v) is 2.72. The van der Waals surface area contributed by atoms with E-state index in [0.29, 0.717) is 22.8 Å². The largest absolute Gasteiger partial charge is 0.495 e. The molecule has 0 aliphatic heterocycles. The first kappa shape index (κ1) is 12.7. The predicted octanol–water partition coefficient (Wildman–Crippen LogP) is 2.54. The van der Waals surface area contributed by atoms with Crippen LogP contribution >= 0.6 is 15.9 Å². The molecule has 0 aliphatic rings. The third-order valence-electron chi connectivity index (χ3n) is 2.13. The van der Waals surface area contributed by atoms with Gasteiger partial charge in [-0.25, -0.2) is 0 Å². The van der Waals surface area contributed by atoms with Gasteiger partial charge in [-0.15, -0.1) is 0 Å². The molecule has 86 valence electrons. The molecule has 0 fully saturated rings. The van der Waals surface area contributed by atoms with Gasteiger partial charge in [0.15, 0.2) is 11.5 Å². The minimum atomic E-state index is 0.197. The molecule has 0 atom stereocenters. The number of halogens is 1. The van der Waals surface area contributed by atoms with Crippen LogP contribution in [0.25, 0.3) is 0 Å². The maximum Gasteiger partial charge on any atom is 0.168 e. The van der Waals surface area contributed by atoms with Crippen molar-refractivity contribution in [1.29, 1.82) is 5.26 Å². The topological polar surface area (TPSA) is 51.5 Å². The highest BCUT2D eigenvalue weighted by Gasteiger charge is 2.18. The van der Waals surface area contributed by atoms with Crippen molar-refractivity contribution in [3.8, 4) is 23.3 Å². The number of rotatable bonds is 4. The van der Waals surface area contributed by atoms with Crippen LogP contribution in [0.15, 0.2) is 10.5 Å². The highest BCUT2D eigenvalue weighted by atomic mass is 79.9. The van der Waals surface area contributed by atoms with Gasteiger partial charge in [0.05, 0.1) is 43.9 Å². The first-order valence-corrected chi connectivity index (χ1v) is 5.33. The van der Waals surface area contributed by atoms with Crippen molar-refractivity contribution < 1.29 is 14.2 Å². The molecule has 4 nitrogen and oxygen atoms in total. The first-order chi connectivity index (χ1) is 7.69. The molecule has 0 bridgehead atoms. The Hall–Kier alpha value is -1.41. The Morgan fingerprint density at radius 1 is 1.19 bits per heavy atom. The monoisotopic (exact) mass is 285 g/mol. The molecule has 1 aromatic rings. The molecule has 0 saturated carbocycles. The number of hydrogen-bond acceptors (Lipinski definition) is 4. The summed E-state index contributed by atoms with van der Waals surface area (Å²) >= 11 is 3.36. The van der Waals surface area contributed by atoms with Crippen molar-refractivity contribution in [2.45, 2.75) is 6.42 Å². The fraction of sp³-hybridized carbons (Fsp3) is 0.364. The Bertz CT molecular complexity index is 426. The minimum Gasteiger partial charge on any atom is -0.495 e. The van der Waals surface area contributed by atoms with E-state index in [2.05, 4.69) is 22.0 Å². The molecular weight excluding hydrogens is 274 g/mol. The molecule has 0 spiro atoms. The Labute approximate surface area is 103 Å². The average Bonchev–Trinajstić information content (AvgIpc) is 2.29. The molecule has 1 aromatic carbocycles. The summed E-state index contributed by atoms with van der Waals surface area (Å²) in [6.45, 7) is 0. The molecular formula is C11H12BrNO3. The smallest absolute Gasteiger partial charge is 0.168 e. The van der Waals surface area contributed by atoms with Crippen molar-refractivity contribution in [1.82, 2.24) is 0 Å². The number of nitriles is 1. The van der Waals surface area contributed by atoms with E-state index in [1.54, 1.807) is 20.3 Å². The highest BCUT2D eigenvalue weighted by Crippen LogP contribution is 2.42. The van der Waals surface area contributed by atoms with Gasteiger partial charge in [-0.3, -0.25) is 0 Å². The zero-order valence-corrected chi connectivity index (χ0v) is 10.9. The second-order valence-corrected chi connectivity index (χ2v) is 3.79. The molecule has 0 saturated heterocycles. The zero-order chi connectivity index (χ0) is 12.1. The number of hydrogen-bond donors (Lipinski definition) is 0. The summed E-state index contributed by atoms with van der Waals surface area (Å²) in [6.07, 6.45) is 0.197. The van der Waals surface area contributed by atoms with E-state index in [-0.39, 0.29) is 6.42 Å². The van der Waals surface area contributed by atoms with Crippen LogP contribution in [0, 0.1) is 11.3 Å². The summed E-state index contributed by atoms with van der Waals surface area (Å²) in [7, 11) is 4.63. The predicted molar refractivity (Wildman–Crippen MR) is 63.1 cm³/mol. The van der Waals surface area contributed by atoms with Gasteiger partial charge in [-0.05, 0) is 15.9 Å². The number of nitrogens with zero attached hydrogens (tertiary/aromatic N) is 1. The van der Waals surface area contributed by atoms with Crippen LogP contribution in [-0.4, -0.2) is 21.3 Å².